The molecule has 1 amide bonds. The number of hydrogen-bond acceptors (Lipinski definition) is 2. The van der Waals surface area contributed by atoms with E-state index in [1.807, 2.05) is 55.3 Å². The number of halogens is 1. The molecule has 0 heterocycles. The van der Waals surface area contributed by atoms with Crippen molar-refractivity contribution < 1.29 is 9.18 Å². The molecule has 0 aliphatic carbocycles. The highest BCUT2D eigenvalue weighted by atomic mass is 19.1. The van der Waals surface area contributed by atoms with Crippen LogP contribution in [0.15, 0.2) is 59.6 Å². The van der Waals surface area contributed by atoms with Gasteiger partial charge in [-0.15, -0.1) is 0 Å². The van der Waals surface area contributed by atoms with E-state index >= 15 is 0 Å². The van der Waals surface area contributed by atoms with Gasteiger partial charge in [0.25, 0.3) is 0 Å². The van der Waals surface area contributed by atoms with Crippen molar-refractivity contribution in [2.45, 2.75) is 26.4 Å². The maximum atomic E-state index is 13.3. The van der Waals surface area contributed by atoms with Gasteiger partial charge in [-0.25, -0.2) is 4.39 Å². The summed E-state index contributed by atoms with van der Waals surface area (Å²) in [6.07, 6.45) is 0.315. The summed E-state index contributed by atoms with van der Waals surface area (Å²) in [6, 6.07) is 16.3. The van der Waals surface area contributed by atoms with Gasteiger partial charge in [-0.1, -0.05) is 42.5 Å². The number of guanidine groups is 1. The maximum Gasteiger partial charge on any atom is 0.222 e. The third-order valence-corrected chi connectivity index (χ3v) is 3.94. The molecule has 0 spiro atoms. The Labute approximate surface area is 160 Å². The molecule has 5 nitrogen and oxygen atoms in total. The van der Waals surface area contributed by atoms with Crippen molar-refractivity contribution in [2.75, 3.05) is 20.1 Å². The molecular weight excluding hydrogens is 343 g/mol. The highest BCUT2D eigenvalue weighted by molar-refractivity contribution is 5.80. The molecule has 0 atom stereocenters. The van der Waals surface area contributed by atoms with Gasteiger partial charge in [0, 0.05) is 33.1 Å². The predicted octanol–water partition coefficient (Wildman–Crippen LogP) is 2.93. The maximum absolute atomic E-state index is 13.3. The Morgan fingerprint density at radius 1 is 1.07 bits per heavy atom. The minimum Gasteiger partial charge on any atom is -0.357 e. The average molecular weight is 370 g/mol. The van der Waals surface area contributed by atoms with Gasteiger partial charge >= 0.3 is 0 Å². The Kier molecular flexibility index (Phi) is 8.29. The van der Waals surface area contributed by atoms with E-state index in [4.69, 9.17) is 0 Å². The molecule has 0 saturated heterocycles. The molecule has 2 aromatic carbocycles. The summed E-state index contributed by atoms with van der Waals surface area (Å²) in [5.41, 5.74) is 1.93. The highest BCUT2D eigenvalue weighted by Crippen LogP contribution is 2.06. The van der Waals surface area contributed by atoms with Crippen molar-refractivity contribution in [1.82, 2.24) is 15.5 Å². The van der Waals surface area contributed by atoms with Gasteiger partial charge in [-0.2, -0.15) is 0 Å². The highest BCUT2D eigenvalue weighted by Gasteiger charge is 2.08. The van der Waals surface area contributed by atoms with Crippen molar-refractivity contribution in [3.05, 3.63) is 71.5 Å². The van der Waals surface area contributed by atoms with Gasteiger partial charge in [-0.3, -0.25) is 9.79 Å². The number of hydrogen-bond donors (Lipinski definition) is 2. The van der Waals surface area contributed by atoms with Crippen LogP contribution in [0.25, 0.3) is 0 Å². The number of amides is 1. The zero-order valence-corrected chi connectivity index (χ0v) is 15.9. The van der Waals surface area contributed by atoms with E-state index in [0.717, 1.165) is 11.1 Å². The molecule has 144 valence electrons. The lowest BCUT2D eigenvalue weighted by Gasteiger charge is -2.22. The molecule has 0 radical (unpaired) electrons. The molecule has 2 aromatic rings. The van der Waals surface area contributed by atoms with Crippen LogP contribution < -0.4 is 10.6 Å². The molecule has 6 heteroatoms. The van der Waals surface area contributed by atoms with Crippen molar-refractivity contribution >= 4 is 11.9 Å². The van der Waals surface area contributed by atoms with Crippen molar-refractivity contribution in [3.8, 4) is 0 Å². The quantitative estimate of drug-likeness (QED) is 0.555. The summed E-state index contributed by atoms with van der Waals surface area (Å²) in [5, 5.41) is 6.10. The fourth-order valence-corrected chi connectivity index (χ4v) is 2.60. The number of carbonyl (C=O) groups is 1. The molecule has 27 heavy (non-hydrogen) atoms. The Morgan fingerprint density at radius 3 is 2.52 bits per heavy atom. The lowest BCUT2D eigenvalue weighted by atomic mass is 10.2. The monoisotopic (exact) mass is 370 g/mol. The smallest absolute Gasteiger partial charge is 0.222 e. The van der Waals surface area contributed by atoms with Crippen LogP contribution in [0, 0.1) is 5.82 Å². The number of rotatable bonds is 8. The fourth-order valence-electron chi connectivity index (χ4n) is 2.60. The molecule has 0 aliphatic rings. The minimum atomic E-state index is -0.252. The number of carbonyl (C=O) groups excluding carboxylic acids is 1. The van der Waals surface area contributed by atoms with Crippen LogP contribution in [-0.4, -0.2) is 36.9 Å². The standard InChI is InChI=1S/C21H27FN4O/c1-3-23-21(26(2)16-18-10-7-11-19(22)14-18)24-13-12-20(27)25-15-17-8-5-4-6-9-17/h4-11,14H,3,12-13,15-16H2,1-2H3,(H,23,24)(H,25,27). The zero-order valence-electron chi connectivity index (χ0n) is 15.9. The van der Waals surface area contributed by atoms with Crippen molar-refractivity contribution in [1.29, 1.82) is 0 Å². The first-order valence-corrected chi connectivity index (χ1v) is 9.13. The number of benzene rings is 2. The van der Waals surface area contributed by atoms with Crippen LogP contribution in [0.5, 0.6) is 0 Å². The first-order valence-electron chi connectivity index (χ1n) is 9.13. The molecule has 0 bridgehead atoms. The van der Waals surface area contributed by atoms with Crippen LogP contribution in [0.4, 0.5) is 4.39 Å². The summed E-state index contributed by atoms with van der Waals surface area (Å²) in [5.74, 6) is 0.404. The van der Waals surface area contributed by atoms with Gasteiger partial charge in [0.2, 0.25) is 5.91 Å². The van der Waals surface area contributed by atoms with Crippen LogP contribution in [0.2, 0.25) is 0 Å². The average Bonchev–Trinajstić information content (AvgIpc) is 2.66. The molecule has 0 fully saturated rings. The number of nitrogens with one attached hydrogen (secondary N) is 2. The molecule has 0 saturated carbocycles. The second-order valence-electron chi connectivity index (χ2n) is 6.23. The zero-order chi connectivity index (χ0) is 19.5. The van der Waals surface area contributed by atoms with Gasteiger partial charge in [-0.05, 0) is 30.2 Å². The molecule has 0 aromatic heterocycles. The van der Waals surface area contributed by atoms with E-state index in [-0.39, 0.29) is 11.7 Å². The van der Waals surface area contributed by atoms with Crippen LogP contribution in [0.3, 0.4) is 0 Å². The SMILES string of the molecule is CCNC(=NCCC(=O)NCc1ccccc1)N(C)Cc1cccc(F)c1. The second-order valence-corrected chi connectivity index (χ2v) is 6.23. The van der Waals surface area contributed by atoms with E-state index in [1.165, 1.54) is 12.1 Å². The summed E-state index contributed by atoms with van der Waals surface area (Å²) in [4.78, 5) is 18.4. The van der Waals surface area contributed by atoms with E-state index < -0.39 is 0 Å². The molecule has 0 unspecified atom stereocenters. The van der Waals surface area contributed by atoms with Crippen LogP contribution in [0.1, 0.15) is 24.5 Å². The molecule has 2 N–H and O–H groups in total. The Morgan fingerprint density at radius 2 is 1.81 bits per heavy atom. The topological polar surface area (TPSA) is 56.7 Å². The molecular formula is C21H27FN4O. The summed E-state index contributed by atoms with van der Waals surface area (Å²) >= 11 is 0. The lowest BCUT2D eigenvalue weighted by molar-refractivity contribution is -0.121. The minimum absolute atomic E-state index is 0.0359. The predicted molar refractivity (Wildman–Crippen MR) is 107 cm³/mol. The normalized spacial score (nSPS) is 11.1. The van der Waals surface area contributed by atoms with Gasteiger partial charge in [0.1, 0.15) is 5.82 Å². The lowest BCUT2D eigenvalue weighted by Crippen LogP contribution is -2.38. The van der Waals surface area contributed by atoms with Crippen molar-refractivity contribution in [3.63, 3.8) is 0 Å². The van der Waals surface area contributed by atoms with Crippen LogP contribution in [-0.2, 0) is 17.9 Å². The van der Waals surface area contributed by atoms with E-state index in [9.17, 15) is 9.18 Å². The van der Waals surface area contributed by atoms with E-state index in [1.54, 1.807) is 6.07 Å². The Hall–Kier alpha value is -2.89. The summed E-state index contributed by atoms with van der Waals surface area (Å²) < 4.78 is 13.3. The van der Waals surface area contributed by atoms with Crippen LogP contribution >= 0.6 is 0 Å². The molecule has 2 rings (SSSR count). The third kappa shape index (κ3) is 7.48. The van der Waals surface area contributed by atoms with Gasteiger partial charge in [0.15, 0.2) is 5.96 Å². The summed E-state index contributed by atoms with van der Waals surface area (Å²) in [6.45, 7) is 4.13. The third-order valence-electron chi connectivity index (χ3n) is 3.94. The fraction of sp³-hybridized carbons (Fsp3) is 0.333. The second kappa shape index (κ2) is 11.0. The molecule has 0 aliphatic heterocycles. The first kappa shape index (κ1) is 20.4. The first-order chi connectivity index (χ1) is 13.1. The Balaban J connectivity index is 1.83. The Bertz CT molecular complexity index is 749. The number of aliphatic imine (C=N–C) groups is 1. The van der Waals surface area contributed by atoms with Gasteiger partial charge < -0.3 is 15.5 Å². The number of nitrogens with zero attached hydrogens (tertiary/aromatic N) is 2. The van der Waals surface area contributed by atoms with Crippen molar-refractivity contribution in [2.24, 2.45) is 4.99 Å². The van der Waals surface area contributed by atoms with Gasteiger partial charge in [0.05, 0.1) is 6.54 Å². The summed E-state index contributed by atoms with van der Waals surface area (Å²) in [7, 11) is 1.89. The largest absolute Gasteiger partial charge is 0.357 e. The van der Waals surface area contributed by atoms with E-state index in [2.05, 4.69) is 15.6 Å². The van der Waals surface area contributed by atoms with E-state index in [0.29, 0.717) is 38.6 Å².